The van der Waals surface area contributed by atoms with Gasteiger partial charge in [0, 0.05) is 24.1 Å². The lowest BCUT2D eigenvalue weighted by Gasteiger charge is -2.27. The number of hydrogen-bond acceptors (Lipinski definition) is 3. The van der Waals surface area contributed by atoms with Crippen LogP contribution in [0.25, 0.3) is 6.08 Å². The highest BCUT2D eigenvalue weighted by atomic mass is 32.2. The predicted molar refractivity (Wildman–Crippen MR) is 127 cm³/mol. The maximum Gasteiger partial charge on any atom is 0.264 e. The fraction of sp³-hybridized carbons (Fsp3) is 0.154. The Kier molecular flexibility index (Phi) is 6.23. The Morgan fingerprint density at radius 3 is 2.52 bits per heavy atom. The summed E-state index contributed by atoms with van der Waals surface area (Å²) in [6.07, 6.45) is 2.68. The van der Waals surface area contributed by atoms with E-state index in [4.69, 9.17) is 0 Å². The molecule has 0 aliphatic carbocycles. The van der Waals surface area contributed by atoms with E-state index < -0.39 is 0 Å². The van der Waals surface area contributed by atoms with Gasteiger partial charge in [-0.3, -0.25) is 9.59 Å². The summed E-state index contributed by atoms with van der Waals surface area (Å²) >= 11 is 1.44. The molecule has 3 aromatic carbocycles. The van der Waals surface area contributed by atoms with E-state index in [9.17, 15) is 9.59 Å². The Morgan fingerprint density at radius 1 is 1.03 bits per heavy atom. The van der Waals surface area contributed by atoms with Crippen LogP contribution >= 0.6 is 11.8 Å². The lowest BCUT2D eigenvalue weighted by Crippen LogP contribution is -2.31. The van der Waals surface area contributed by atoms with Crippen LogP contribution < -0.4 is 10.2 Å². The van der Waals surface area contributed by atoms with E-state index in [1.54, 1.807) is 18.0 Å². The third-order valence-electron chi connectivity index (χ3n) is 5.23. The van der Waals surface area contributed by atoms with Gasteiger partial charge >= 0.3 is 0 Å². The van der Waals surface area contributed by atoms with Gasteiger partial charge in [0.15, 0.2) is 0 Å². The number of rotatable bonds is 5. The maximum atomic E-state index is 12.9. The molecule has 0 fully saturated rings. The molecule has 0 aromatic heterocycles. The third-order valence-corrected chi connectivity index (χ3v) is 6.31. The van der Waals surface area contributed by atoms with Crippen molar-refractivity contribution in [3.05, 3.63) is 100.0 Å². The van der Waals surface area contributed by atoms with Crippen molar-refractivity contribution in [2.24, 2.45) is 0 Å². The number of carbonyl (C=O) groups excluding carboxylic acids is 2. The zero-order chi connectivity index (χ0) is 21.8. The number of fused-ring (bicyclic) bond motifs is 1. The van der Waals surface area contributed by atoms with Crippen molar-refractivity contribution >= 4 is 35.3 Å². The first-order valence-corrected chi connectivity index (χ1v) is 11.0. The number of likely N-dealkylation sites (N-methyl/N-ethyl adjacent to an activating group) is 1. The first-order valence-electron chi connectivity index (χ1n) is 10.2. The monoisotopic (exact) mass is 428 g/mol. The van der Waals surface area contributed by atoms with E-state index >= 15 is 0 Å². The Balaban J connectivity index is 1.46. The van der Waals surface area contributed by atoms with Crippen LogP contribution in [0.3, 0.4) is 0 Å². The summed E-state index contributed by atoms with van der Waals surface area (Å²) in [4.78, 5) is 28.7. The quantitative estimate of drug-likeness (QED) is 0.577. The van der Waals surface area contributed by atoms with Crippen molar-refractivity contribution < 1.29 is 9.59 Å². The second-order valence-electron chi connectivity index (χ2n) is 7.56. The molecule has 3 aromatic rings. The van der Waals surface area contributed by atoms with Crippen LogP contribution in [0.4, 0.5) is 5.69 Å². The van der Waals surface area contributed by atoms with Crippen molar-refractivity contribution in [3.63, 3.8) is 0 Å². The van der Waals surface area contributed by atoms with Gasteiger partial charge in [0.05, 0.1) is 10.6 Å². The molecule has 4 rings (SSSR count). The van der Waals surface area contributed by atoms with Crippen molar-refractivity contribution in [1.29, 1.82) is 0 Å². The van der Waals surface area contributed by atoms with Crippen LogP contribution in [0, 0.1) is 6.92 Å². The summed E-state index contributed by atoms with van der Waals surface area (Å²) in [6, 6.07) is 23.6. The summed E-state index contributed by atoms with van der Waals surface area (Å²) in [5, 5.41) is 2.98. The largest absolute Gasteiger partial charge is 0.352 e. The molecule has 0 radical (unpaired) electrons. The van der Waals surface area contributed by atoms with Gasteiger partial charge in [0.25, 0.3) is 11.8 Å². The average Bonchev–Trinajstić information content (AvgIpc) is 2.79. The van der Waals surface area contributed by atoms with Crippen LogP contribution in [-0.2, 0) is 11.2 Å². The zero-order valence-corrected chi connectivity index (χ0v) is 18.4. The van der Waals surface area contributed by atoms with Crippen LogP contribution in [-0.4, -0.2) is 25.4 Å². The molecule has 1 heterocycles. The SMILES string of the molecule is Cc1ccc(CCNC(=O)c2ccc3c(c2)N(C)C(=O)C(=Cc2ccccc2)S3)cc1. The van der Waals surface area contributed by atoms with Gasteiger partial charge in [-0.2, -0.15) is 0 Å². The maximum absolute atomic E-state index is 12.9. The highest BCUT2D eigenvalue weighted by Gasteiger charge is 2.27. The molecule has 0 atom stereocenters. The van der Waals surface area contributed by atoms with E-state index in [1.165, 1.54) is 22.9 Å². The minimum atomic E-state index is -0.133. The highest BCUT2D eigenvalue weighted by Crippen LogP contribution is 2.41. The molecule has 2 amide bonds. The molecule has 1 N–H and O–H groups in total. The number of aryl methyl sites for hydroxylation is 1. The number of amides is 2. The number of anilines is 1. The Morgan fingerprint density at radius 2 is 1.77 bits per heavy atom. The molecule has 31 heavy (non-hydrogen) atoms. The first-order chi connectivity index (χ1) is 15.0. The number of thioether (sulfide) groups is 1. The van der Waals surface area contributed by atoms with Crippen LogP contribution in [0.15, 0.2) is 82.6 Å². The average molecular weight is 429 g/mol. The molecule has 0 spiro atoms. The molecule has 4 nitrogen and oxygen atoms in total. The molecule has 0 saturated carbocycles. The molecule has 156 valence electrons. The number of benzene rings is 3. The summed E-state index contributed by atoms with van der Waals surface area (Å²) in [7, 11) is 1.75. The molecule has 1 aliphatic rings. The van der Waals surface area contributed by atoms with Crippen LogP contribution in [0.2, 0.25) is 0 Å². The van der Waals surface area contributed by atoms with Gasteiger partial charge in [-0.05, 0) is 48.7 Å². The van der Waals surface area contributed by atoms with Gasteiger partial charge in [0.1, 0.15) is 0 Å². The molecular formula is C26H24N2O2S. The lowest BCUT2D eigenvalue weighted by atomic mass is 10.1. The number of nitrogens with zero attached hydrogens (tertiary/aromatic N) is 1. The summed E-state index contributed by atoms with van der Waals surface area (Å²) < 4.78 is 0. The van der Waals surface area contributed by atoms with Crippen LogP contribution in [0.1, 0.15) is 27.0 Å². The highest BCUT2D eigenvalue weighted by molar-refractivity contribution is 8.04. The van der Waals surface area contributed by atoms with Gasteiger partial charge in [-0.1, -0.05) is 71.9 Å². The van der Waals surface area contributed by atoms with Crippen molar-refractivity contribution in [2.45, 2.75) is 18.2 Å². The third kappa shape index (κ3) is 4.89. The van der Waals surface area contributed by atoms with Crippen molar-refractivity contribution in [1.82, 2.24) is 5.32 Å². The fourth-order valence-electron chi connectivity index (χ4n) is 3.41. The predicted octanol–water partition coefficient (Wildman–Crippen LogP) is 5.08. The summed E-state index contributed by atoms with van der Waals surface area (Å²) in [5.41, 5.74) is 4.71. The molecule has 1 aliphatic heterocycles. The van der Waals surface area contributed by atoms with E-state index in [2.05, 4.69) is 36.5 Å². The fourth-order valence-corrected chi connectivity index (χ4v) is 4.51. The topological polar surface area (TPSA) is 49.4 Å². The Bertz CT molecular complexity index is 1140. The summed E-state index contributed by atoms with van der Waals surface area (Å²) in [5.74, 6) is -0.204. The first kappa shape index (κ1) is 20.9. The summed E-state index contributed by atoms with van der Waals surface area (Å²) in [6.45, 7) is 2.62. The minimum Gasteiger partial charge on any atom is -0.352 e. The van der Waals surface area contributed by atoms with Gasteiger partial charge in [-0.25, -0.2) is 0 Å². The molecule has 0 bridgehead atoms. The van der Waals surface area contributed by atoms with E-state index in [-0.39, 0.29) is 11.8 Å². The standard InChI is InChI=1S/C26H24N2O2S/c1-18-8-10-19(11-9-18)14-15-27-25(29)21-12-13-23-22(17-21)28(2)26(30)24(31-23)16-20-6-4-3-5-7-20/h3-13,16-17H,14-15H2,1-2H3,(H,27,29). The second kappa shape index (κ2) is 9.23. The number of hydrogen-bond donors (Lipinski definition) is 1. The number of nitrogens with one attached hydrogen (secondary N) is 1. The van der Waals surface area contributed by atoms with Gasteiger partial charge < -0.3 is 10.2 Å². The number of carbonyl (C=O) groups is 2. The Hall–Kier alpha value is -3.31. The van der Waals surface area contributed by atoms with Gasteiger partial charge in [-0.15, -0.1) is 0 Å². The van der Waals surface area contributed by atoms with E-state index in [0.29, 0.717) is 17.0 Å². The van der Waals surface area contributed by atoms with Crippen LogP contribution in [0.5, 0.6) is 0 Å². The molecule has 0 saturated heterocycles. The molecule has 5 heteroatoms. The Labute approximate surface area is 187 Å². The zero-order valence-electron chi connectivity index (χ0n) is 17.6. The lowest BCUT2D eigenvalue weighted by molar-refractivity contribution is -0.114. The normalized spacial score (nSPS) is 14.5. The second-order valence-corrected chi connectivity index (χ2v) is 8.64. The van der Waals surface area contributed by atoms with Crippen molar-refractivity contribution in [3.8, 4) is 0 Å². The van der Waals surface area contributed by atoms with E-state index in [0.717, 1.165) is 22.6 Å². The molecular weight excluding hydrogens is 404 g/mol. The van der Waals surface area contributed by atoms with Gasteiger partial charge in [0.2, 0.25) is 0 Å². The van der Waals surface area contributed by atoms with E-state index in [1.807, 2.05) is 48.5 Å². The van der Waals surface area contributed by atoms with Crippen molar-refractivity contribution in [2.75, 3.05) is 18.5 Å². The molecule has 0 unspecified atom stereocenters. The minimum absolute atomic E-state index is 0.0710. The smallest absolute Gasteiger partial charge is 0.264 e.